The Kier molecular flexibility index (Phi) is 8.07. The second kappa shape index (κ2) is 9.32. The second-order valence-electron chi connectivity index (χ2n) is 5.88. The van der Waals surface area contributed by atoms with Gasteiger partial charge < -0.3 is 15.5 Å². The zero-order chi connectivity index (χ0) is 14.1. The normalized spacial score (nSPS) is 18.5. The summed E-state index contributed by atoms with van der Waals surface area (Å²) >= 11 is 0. The topological polar surface area (TPSA) is 44.4 Å². The molecule has 1 atom stereocenters. The van der Waals surface area contributed by atoms with Gasteiger partial charge in [-0.3, -0.25) is 4.79 Å². The fourth-order valence-electron chi connectivity index (χ4n) is 2.82. The van der Waals surface area contributed by atoms with Crippen LogP contribution in [0.5, 0.6) is 0 Å². The van der Waals surface area contributed by atoms with Crippen molar-refractivity contribution in [2.24, 2.45) is 5.92 Å². The first-order chi connectivity index (χ1) is 9.15. The maximum absolute atomic E-state index is 11.7. The van der Waals surface area contributed by atoms with Gasteiger partial charge in [0.05, 0.1) is 0 Å². The number of carbonyl (C=O) groups excluding carboxylic acids is 1. The van der Waals surface area contributed by atoms with Crippen LogP contribution in [-0.4, -0.2) is 50.6 Å². The lowest BCUT2D eigenvalue weighted by atomic mass is 9.94. The van der Waals surface area contributed by atoms with E-state index in [1.165, 1.54) is 32.1 Å². The van der Waals surface area contributed by atoms with E-state index in [-0.39, 0.29) is 11.8 Å². The summed E-state index contributed by atoms with van der Waals surface area (Å²) in [5.74, 6) is 0.218. The van der Waals surface area contributed by atoms with Gasteiger partial charge in [0.15, 0.2) is 0 Å². The van der Waals surface area contributed by atoms with Crippen molar-refractivity contribution in [2.45, 2.75) is 51.5 Å². The fraction of sp³-hybridized carbons (Fsp3) is 0.933. The van der Waals surface area contributed by atoms with E-state index in [2.05, 4.69) is 22.6 Å². The Labute approximate surface area is 118 Å². The number of nitrogens with one attached hydrogen (secondary N) is 2. The van der Waals surface area contributed by atoms with Crippen molar-refractivity contribution in [1.29, 1.82) is 0 Å². The first kappa shape index (κ1) is 16.4. The van der Waals surface area contributed by atoms with Gasteiger partial charge in [-0.25, -0.2) is 0 Å². The van der Waals surface area contributed by atoms with Gasteiger partial charge in [-0.1, -0.05) is 26.2 Å². The van der Waals surface area contributed by atoms with Crippen molar-refractivity contribution >= 4 is 5.91 Å². The molecule has 0 aromatic heterocycles. The van der Waals surface area contributed by atoms with Crippen LogP contribution in [0.4, 0.5) is 0 Å². The van der Waals surface area contributed by atoms with Gasteiger partial charge in [-0.2, -0.15) is 0 Å². The van der Waals surface area contributed by atoms with Crippen LogP contribution in [0, 0.1) is 5.92 Å². The molecule has 0 aromatic rings. The Bertz CT molecular complexity index is 252. The molecule has 1 aliphatic carbocycles. The summed E-state index contributed by atoms with van der Waals surface area (Å²) in [7, 11) is 4.10. The number of nitrogens with zero attached hydrogens (tertiary/aromatic N) is 1. The molecule has 19 heavy (non-hydrogen) atoms. The first-order valence-electron chi connectivity index (χ1n) is 7.77. The molecule has 4 heteroatoms. The number of amides is 1. The molecule has 4 nitrogen and oxygen atoms in total. The molecular formula is C15H31N3O. The molecule has 0 spiro atoms. The number of hydrogen-bond donors (Lipinski definition) is 2. The monoisotopic (exact) mass is 269 g/mol. The van der Waals surface area contributed by atoms with Crippen LogP contribution < -0.4 is 10.6 Å². The average molecular weight is 269 g/mol. The van der Waals surface area contributed by atoms with Crippen molar-refractivity contribution in [3.63, 3.8) is 0 Å². The maximum Gasteiger partial charge on any atom is 0.224 e. The highest BCUT2D eigenvalue weighted by atomic mass is 16.1. The summed E-state index contributed by atoms with van der Waals surface area (Å²) in [6, 6.07) is 0.771. The maximum atomic E-state index is 11.7. The van der Waals surface area contributed by atoms with Gasteiger partial charge in [0.1, 0.15) is 0 Å². The molecule has 1 fully saturated rings. The number of hydrogen-bond acceptors (Lipinski definition) is 3. The van der Waals surface area contributed by atoms with E-state index in [1.807, 2.05) is 14.0 Å². The highest BCUT2D eigenvalue weighted by Crippen LogP contribution is 2.21. The summed E-state index contributed by atoms with van der Waals surface area (Å²) < 4.78 is 0. The molecular weight excluding hydrogens is 238 g/mol. The van der Waals surface area contributed by atoms with Crippen molar-refractivity contribution in [3.05, 3.63) is 0 Å². The quantitative estimate of drug-likeness (QED) is 0.658. The van der Waals surface area contributed by atoms with E-state index in [9.17, 15) is 4.79 Å². The SMILES string of the molecule is CNCC(C)C(=O)NCCCN(C)C1CCCCC1. The third-order valence-corrected chi connectivity index (χ3v) is 4.14. The molecule has 0 bridgehead atoms. The lowest BCUT2D eigenvalue weighted by Crippen LogP contribution is -2.38. The summed E-state index contributed by atoms with van der Waals surface area (Å²) in [4.78, 5) is 14.2. The van der Waals surface area contributed by atoms with Crippen LogP contribution in [0.25, 0.3) is 0 Å². The van der Waals surface area contributed by atoms with Crippen molar-refractivity contribution in [1.82, 2.24) is 15.5 Å². The molecule has 0 aromatic carbocycles. The van der Waals surface area contributed by atoms with Crippen LogP contribution in [0.15, 0.2) is 0 Å². The fourth-order valence-corrected chi connectivity index (χ4v) is 2.82. The van der Waals surface area contributed by atoms with Crippen molar-refractivity contribution < 1.29 is 4.79 Å². The Hall–Kier alpha value is -0.610. The molecule has 0 aliphatic heterocycles. The Balaban J connectivity index is 2.07. The minimum atomic E-state index is 0.0566. The number of carbonyl (C=O) groups is 1. The van der Waals surface area contributed by atoms with E-state index in [0.717, 1.165) is 32.1 Å². The average Bonchev–Trinajstić information content (AvgIpc) is 2.44. The van der Waals surface area contributed by atoms with E-state index < -0.39 is 0 Å². The molecule has 112 valence electrons. The third-order valence-electron chi connectivity index (χ3n) is 4.14. The number of rotatable bonds is 8. The van der Waals surface area contributed by atoms with Gasteiger partial charge in [0.2, 0.25) is 5.91 Å². The van der Waals surface area contributed by atoms with Crippen LogP contribution in [0.2, 0.25) is 0 Å². The summed E-state index contributed by atoms with van der Waals surface area (Å²) in [5, 5.41) is 6.05. The Morgan fingerprint density at radius 2 is 2.00 bits per heavy atom. The molecule has 1 saturated carbocycles. The smallest absolute Gasteiger partial charge is 0.224 e. The molecule has 1 aliphatic rings. The predicted octanol–water partition coefficient (Wildman–Crippen LogP) is 1.61. The van der Waals surface area contributed by atoms with Gasteiger partial charge in [0.25, 0.3) is 0 Å². The molecule has 1 rings (SSSR count). The highest BCUT2D eigenvalue weighted by molar-refractivity contribution is 5.78. The zero-order valence-electron chi connectivity index (χ0n) is 12.9. The Morgan fingerprint density at radius 1 is 1.32 bits per heavy atom. The lowest BCUT2D eigenvalue weighted by molar-refractivity contribution is -0.124. The zero-order valence-corrected chi connectivity index (χ0v) is 12.9. The molecule has 2 N–H and O–H groups in total. The van der Waals surface area contributed by atoms with Crippen LogP contribution in [-0.2, 0) is 4.79 Å². The van der Waals surface area contributed by atoms with Crippen molar-refractivity contribution in [3.8, 4) is 0 Å². The minimum Gasteiger partial charge on any atom is -0.356 e. The molecule has 1 amide bonds. The van der Waals surface area contributed by atoms with Gasteiger partial charge in [-0.15, -0.1) is 0 Å². The minimum absolute atomic E-state index is 0.0566. The van der Waals surface area contributed by atoms with Crippen LogP contribution in [0.3, 0.4) is 0 Å². The molecule has 1 unspecified atom stereocenters. The van der Waals surface area contributed by atoms with Crippen LogP contribution in [0.1, 0.15) is 45.4 Å². The predicted molar refractivity (Wildman–Crippen MR) is 80.2 cm³/mol. The van der Waals surface area contributed by atoms with E-state index in [1.54, 1.807) is 0 Å². The first-order valence-corrected chi connectivity index (χ1v) is 7.77. The lowest BCUT2D eigenvalue weighted by Gasteiger charge is -2.31. The van der Waals surface area contributed by atoms with Gasteiger partial charge >= 0.3 is 0 Å². The highest BCUT2D eigenvalue weighted by Gasteiger charge is 2.17. The van der Waals surface area contributed by atoms with Gasteiger partial charge in [0, 0.05) is 25.0 Å². The third kappa shape index (κ3) is 6.39. The standard InChI is InChI=1S/C15H31N3O/c1-13(12-16-2)15(19)17-10-7-11-18(3)14-8-5-4-6-9-14/h13-14,16H,4-12H2,1-3H3,(H,17,19). The summed E-state index contributed by atoms with van der Waals surface area (Å²) in [5.41, 5.74) is 0. The van der Waals surface area contributed by atoms with Crippen molar-refractivity contribution in [2.75, 3.05) is 33.7 Å². The van der Waals surface area contributed by atoms with E-state index in [0.29, 0.717) is 0 Å². The van der Waals surface area contributed by atoms with Gasteiger partial charge in [-0.05, 0) is 39.9 Å². The van der Waals surface area contributed by atoms with E-state index >= 15 is 0 Å². The second-order valence-corrected chi connectivity index (χ2v) is 5.88. The molecule has 0 heterocycles. The van der Waals surface area contributed by atoms with E-state index in [4.69, 9.17) is 0 Å². The summed E-state index contributed by atoms with van der Waals surface area (Å²) in [6.45, 7) is 4.59. The molecule has 0 saturated heterocycles. The summed E-state index contributed by atoms with van der Waals surface area (Å²) in [6.07, 6.45) is 7.92. The Morgan fingerprint density at radius 3 is 2.63 bits per heavy atom. The van der Waals surface area contributed by atoms with Crippen LogP contribution >= 0.6 is 0 Å². The molecule has 0 radical (unpaired) electrons. The largest absolute Gasteiger partial charge is 0.356 e.